The Hall–Kier alpha value is -1.89. The predicted octanol–water partition coefficient (Wildman–Crippen LogP) is 5.05. The first-order valence-corrected chi connectivity index (χ1v) is 7.05. The fraction of sp³-hybridized carbons (Fsp3) is 0.316. The van der Waals surface area contributed by atoms with Crippen molar-refractivity contribution in [1.29, 1.82) is 0 Å². The molecule has 0 heterocycles. The zero-order valence-corrected chi connectivity index (χ0v) is 12.9. The molecular weight excluding hydrogens is 244 g/mol. The molecule has 1 aliphatic rings. The van der Waals surface area contributed by atoms with Gasteiger partial charge in [-0.05, 0) is 47.6 Å². The van der Waals surface area contributed by atoms with Gasteiger partial charge in [-0.3, -0.25) is 4.79 Å². The minimum Gasteiger partial charge on any atom is -0.295 e. The van der Waals surface area contributed by atoms with Gasteiger partial charge in [0, 0.05) is 5.57 Å². The highest BCUT2D eigenvalue weighted by atomic mass is 16.1. The van der Waals surface area contributed by atoms with Crippen molar-refractivity contribution in [3.05, 3.63) is 58.7 Å². The summed E-state index contributed by atoms with van der Waals surface area (Å²) in [6.07, 6.45) is 6.30. The molecule has 0 fully saturated rings. The van der Waals surface area contributed by atoms with Gasteiger partial charge in [0.1, 0.15) is 0 Å². The lowest BCUT2D eigenvalue weighted by Crippen LogP contribution is -2.05. The molecule has 0 bridgehead atoms. The number of Topliss-reactive ketones (excluding diaryl/α,β-unsaturated/α-hetero) is 1. The summed E-state index contributed by atoms with van der Waals surface area (Å²) in [7, 11) is 0. The maximum atomic E-state index is 11.9. The Balaban J connectivity index is 2.64. The number of rotatable bonds is 2. The highest BCUT2D eigenvalue weighted by Crippen LogP contribution is 2.41. The smallest absolute Gasteiger partial charge is 0.160 e. The van der Waals surface area contributed by atoms with Crippen molar-refractivity contribution < 1.29 is 4.79 Å². The van der Waals surface area contributed by atoms with Crippen LogP contribution in [0.25, 0.3) is 11.6 Å². The first kappa shape index (κ1) is 14.5. The van der Waals surface area contributed by atoms with Crippen molar-refractivity contribution in [3.8, 4) is 0 Å². The van der Waals surface area contributed by atoms with Crippen LogP contribution in [-0.2, 0) is 4.79 Å². The normalized spacial score (nSPS) is 17.1. The molecule has 0 atom stereocenters. The Bertz CT molecular complexity index is 634. The van der Waals surface area contributed by atoms with Crippen LogP contribution in [0.1, 0.15) is 45.7 Å². The fourth-order valence-corrected chi connectivity index (χ4v) is 2.61. The highest BCUT2D eigenvalue weighted by molar-refractivity contribution is 6.10. The minimum atomic E-state index is 0.0709. The molecule has 0 unspecified atom stereocenters. The second-order valence-corrected chi connectivity index (χ2v) is 6.33. The molecule has 1 aromatic carbocycles. The number of hydrogen-bond acceptors (Lipinski definition) is 1. The van der Waals surface area contributed by atoms with Gasteiger partial charge in [-0.2, -0.15) is 0 Å². The first-order valence-electron chi connectivity index (χ1n) is 7.05. The molecule has 0 amide bonds. The molecule has 1 heteroatoms. The summed E-state index contributed by atoms with van der Waals surface area (Å²) >= 11 is 0. The molecule has 2 rings (SSSR count). The number of carbonyl (C=O) groups is 1. The largest absolute Gasteiger partial charge is 0.295 e. The third kappa shape index (κ3) is 2.82. The Kier molecular flexibility index (Phi) is 3.80. The van der Waals surface area contributed by atoms with Crippen LogP contribution in [-0.4, -0.2) is 5.78 Å². The second-order valence-electron chi connectivity index (χ2n) is 6.33. The Morgan fingerprint density at radius 1 is 1.15 bits per heavy atom. The first-order chi connectivity index (χ1) is 9.33. The lowest BCUT2D eigenvalue weighted by molar-refractivity contribution is -0.113. The molecular formula is C19H22O. The van der Waals surface area contributed by atoms with Gasteiger partial charge in [-0.25, -0.2) is 0 Å². The SMILES string of the molecule is C/C=C(/C(C)=O)C1=Cc2ccccc2/C1=C\C(C)(C)C. The fourth-order valence-electron chi connectivity index (χ4n) is 2.61. The number of hydrogen-bond donors (Lipinski definition) is 0. The molecule has 0 saturated heterocycles. The maximum absolute atomic E-state index is 11.9. The van der Waals surface area contributed by atoms with E-state index in [0.29, 0.717) is 0 Å². The molecule has 0 aliphatic heterocycles. The van der Waals surface area contributed by atoms with Crippen molar-refractivity contribution in [2.45, 2.75) is 34.6 Å². The number of benzene rings is 1. The van der Waals surface area contributed by atoms with Crippen molar-refractivity contribution >= 4 is 17.4 Å². The van der Waals surface area contributed by atoms with E-state index in [4.69, 9.17) is 0 Å². The van der Waals surface area contributed by atoms with Crippen LogP contribution in [0.4, 0.5) is 0 Å². The van der Waals surface area contributed by atoms with E-state index in [0.717, 1.165) is 11.1 Å². The molecule has 104 valence electrons. The van der Waals surface area contributed by atoms with Crippen LogP contribution in [0.3, 0.4) is 0 Å². The van der Waals surface area contributed by atoms with Crippen LogP contribution < -0.4 is 0 Å². The minimum absolute atomic E-state index is 0.0709. The quantitative estimate of drug-likeness (QED) is 0.685. The van der Waals surface area contributed by atoms with E-state index in [1.54, 1.807) is 6.92 Å². The number of fused-ring (bicyclic) bond motifs is 1. The number of ketones is 1. The lowest BCUT2D eigenvalue weighted by atomic mass is 9.87. The molecule has 1 aromatic rings. The Labute approximate surface area is 121 Å². The summed E-state index contributed by atoms with van der Waals surface area (Å²) in [5.74, 6) is 0.117. The van der Waals surface area contributed by atoms with Gasteiger partial charge in [-0.15, -0.1) is 0 Å². The van der Waals surface area contributed by atoms with E-state index in [2.05, 4.69) is 51.1 Å². The van der Waals surface area contributed by atoms with Crippen molar-refractivity contribution in [2.75, 3.05) is 0 Å². The summed E-state index contributed by atoms with van der Waals surface area (Å²) < 4.78 is 0. The van der Waals surface area contributed by atoms with Crippen LogP contribution in [0.15, 0.2) is 47.6 Å². The molecule has 0 N–H and O–H groups in total. The summed E-state index contributed by atoms with van der Waals surface area (Å²) in [6.45, 7) is 10.1. The third-order valence-electron chi connectivity index (χ3n) is 3.38. The lowest BCUT2D eigenvalue weighted by Gasteiger charge is -2.17. The van der Waals surface area contributed by atoms with E-state index in [1.165, 1.54) is 16.7 Å². The molecule has 0 aromatic heterocycles. The second kappa shape index (κ2) is 5.24. The Morgan fingerprint density at radius 2 is 1.80 bits per heavy atom. The average molecular weight is 266 g/mol. The van der Waals surface area contributed by atoms with Crippen LogP contribution in [0, 0.1) is 5.41 Å². The standard InChI is InChI=1S/C19H22O/c1-6-15(13(2)20)17-11-14-9-7-8-10-16(14)18(17)12-19(3,4)5/h6-12H,1-5H3/b15-6-,18-12+. The zero-order valence-electron chi connectivity index (χ0n) is 12.9. The summed E-state index contributed by atoms with van der Waals surface area (Å²) in [6, 6.07) is 8.32. The van der Waals surface area contributed by atoms with Gasteiger partial charge in [0.2, 0.25) is 0 Å². The van der Waals surface area contributed by atoms with E-state index >= 15 is 0 Å². The highest BCUT2D eigenvalue weighted by Gasteiger charge is 2.24. The number of carbonyl (C=O) groups excluding carboxylic acids is 1. The maximum Gasteiger partial charge on any atom is 0.160 e. The van der Waals surface area contributed by atoms with Crippen molar-refractivity contribution in [2.24, 2.45) is 5.41 Å². The molecule has 1 nitrogen and oxygen atoms in total. The molecule has 0 radical (unpaired) electrons. The average Bonchev–Trinajstić information content (AvgIpc) is 2.67. The molecule has 0 spiro atoms. The van der Waals surface area contributed by atoms with E-state index in [-0.39, 0.29) is 11.2 Å². The van der Waals surface area contributed by atoms with Crippen LogP contribution in [0.5, 0.6) is 0 Å². The van der Waals surface area contributed by atoms with Gasteiger partial charge < -0.3 is 0 Å². The topological polar surface area (TPSA) is 17.1 Å². The monoisotopic (exact) mass is 266 g/mol. The molecule has 1 aliphatic carbocycles. The van der Waals surface area contributed by atoms with E-state index < -0.39 is 0 Å². The van der Waals surface area contributed by atoms with E-state index in [1.807, 2.05) is 19.1 Å². The summed E-state index contributed by atoms with van der Waals surface area (Å²) in [5.41, 5.74) is 5.52. The van der Waals surface area contributed by atoms with E-state index in [9.17, 15) is 4.79 Å². The third-order valence-corrected chi connectivity index (χ3v) is 3.38. The molecule has 0 saturated carbocycles. The van der Waals surface area contributed by atoms with Crippen molar-refractivity contribution in [1.82, 2.24) is 0 Å². The molecule has 20 heavy (non-hydrogen) atoms. The Morgan fingerprint density at radius 3 is 2.35 bits per heavy atom. The summed E-state index contributed by atoms with van der Waals surface area (Å²) in [4.78, 5) is 11.9. The van der Waals surface area contributed by atoms with Gasteiger partial charge >= 0.3 is 0 Å². The summed E-state index contributed by atoms with van der Waals surface area (Å²) in [5, 5.41) is 0. The predicted molar refractivity (Wildman–Crippen MR) is 86.3 cm³/mol. The van der Waals surface area contributed by atoms with Gasteiger partial charge in [0.15, 0.2) is 5.78 Å². The number of allylic oxidation sites excluding steroid dienone is 5. The zero-order chi connectivity index (χ0) is 14.9. The van der Waals surface area contributed by atoms with Gasteiger partial charge in [-0.1, -0.05) is 57.2 Å². The van der Waals surface area contributed by atoms with Gasteiger partial charge in [0.25, 0.3) is 0 Å². The van der Waals surface area contributed by atoms with Crippen LogP contribution in [0.2, 0.25) is 0 Å². The van der Waals surface area contributed by atoms with Crippen molar-refractivity contribution in [3.63, 3.8) is 0 Å². The van der Waals surface area contributed by atoms with Crippen LogP contribution >= 0.6 is 0 Å². The van der Waals surface area contributed by atoms with Gasteiger partial charge in [0.05, 0.1) is 0 Å².